The van der Waals surface area contributed by atoms with Crippen LogP contribution in [0.5, 0.6) is 11.5 Å². The fourth-order valence-corrected chi connectivity index (χ4v) is 1.92. The quantitative estimate of drug-likeness (QED) is 0.782. The number of aryl methyl sites for hydroxylation is 1. The van der Waals surface area contributed by atoms with Crippen LogP contribution in [0.25, 0.3) is 0 Å². The van der Waals surface area contributed by atoms with Crippen molar-refractivity contribution in [3.05, 3.63) is 22.8 Å². The van der Waals surface area contributed by atoms with Crippen molar-refractivity contribution in [1.29, 1.82) is 0 Å². The van der Waals surface area contributed by atoms with Gasteiger partial charge in [0.25, 0.3) is 0 Å². The van der Waals surface area contributed by atoms with Crippen molar-refractivity contribution in [2.45, 2.75) is 46.5 Å². The zero-order valence-corrected chi connectivity index (χ0v) is 11.0. The molecule has 0 bridgehead atoms. The fraction of sp³-hybridized carbons (Fsp3) is 0.538. The number of hydrogen-bond donors (Lipinski definition) is 0. The second kappa shape index (κ2) is 6.80. The topological polar surface area (TPSA) is 46.1 Å². The summed E-state index contributed by atoms with van der Waals surface area (Å²) >= 11 is 0. The van der Waals surface area contributed by atoms with Crippen LogP contribution in [0.15, 0.2) is 6.07 Å². The molecular formula is C13H18NiO2. The zero-order valence-electron chi connectivity index (χ0n) is 10.0. The average molecular weight is 265 g/mol. The fourth-order valence-electron chi connectivity index (χ4n) is 1.92. The van der Waals surface area contributed by atoms with E-state index in [9.17, 15) is 10.2 Å². The summed E-state index contributed by atoms with van der Waals surface area (Å²) in [6.45, 7) is 6.06. The molecule has 0 aromatic heterocycles. The minimum Gasteiger partial charge on any atom is -0.873 e. The largest absolute Gasteiger partial charge is 2.00 e. The molecule has 0 aliphatic carbocycles. The summed E-state index contributed by atoms with van der Waals surface area (Å²) in [4.78, 5) is 0. The van der Waals surface area contributed by atoms with Crippen LogP contribution >= 0.6 is 0 Å². The van der Waals surface area contributed by atoms with Crippen LogP contribution in [0.4, 0.5) is 0 Å². The van der Waals surface area contributed by atoms with Gasteiger partial charge in [0.1, 0.15) is 0 Å². The second-order valence-electron chi connectivity index (χ2n) is 3.97. The van der Waals surface area contributed by atoms with Crippen LogP contribution in [0, 0.1) is 6.92 Å². The summed E-state index contributed by atoms with van der Waals surface area (Å²) in [7, 11) is 0. The predicted octanol–water partition coefficient (Wildman–Crippen LogP) is 2.04. The first-order valence-corrected chi connectivity index (χ1v) is 5.61. The van der Waals surface area contributed by atoms with Gasteiger partial charge in [-0.25, -0.2) is 0 Å². The molecule has 0 aliphatic heterocycles. The summed E-state index contributed by atoms with van der Waals surface area (Å²) in [5, 5.41) is 23.1. The van der Waals surface area contributed by atoms with E-state index < -0.39 is 0 Å². The molecule has 92 valence electrons. The van der Waals surface area contributed by atoms with E-state index in [2.05, 4.69) is 6.92 Å². The number of rotatable bonds is 4. The molecule has 0 N–H and O–H groups in total. The molecule has 2 nitrogen and oxygen atoms in total. The van der Waals surface area contributed by atoms with Gasteiger partial charge in [-0.2, -0.15) is 0 Å². The molecule has 0 unspecified atom stereocenters. The van der Waals surface area contributed by atoms with Gasteiger partial charge in [-0.05, 0) is 30.9 Å². The normalized spacial score (nSPS) is 9.94. The van der Waals surface area contributed by atoms with Gasteiger partial charge in [0, 0.05) is 0 Å². The van der Waals surface area contributed by atoms with E-state index >= 15 is 0 Å². The van der Waals surface area contributed by atoms with Gasteiger partial charge in [0.2, 0.25) is 0 Å². The Balaban J connectivity index is 0.00000225. The minimum atomic E-state index is -0.340. The molecule has 0 spiro atoms. The van der Waals surface area contributed by atoms with Crippen LogP contribution in [-0.2, 0) is 29.3 Å². The van der Waals surface area contributed by atoms with Gasteiger partial charge in [0.15, 0.2) is 0 Å². The minimum absolute atomic E-state index is 0. The van der Waals surface area contributed by atoms with Gasteiger partial charge >= 0.3 is 16.5 Å². The molecule has 0 atom stereocenters. The maximum Gasteiger partial charge on any atom is 2.00 e. The molecular weight excluding hydrogens is 247 g/mol. The van der Waals surface area contributed by atoms with E-state index in [1.165, 1.54) is 6.07 Å². The third-order valence-corrected chi connectivity index (χ3v) is 2.76. The Hall–Kier alpha value is -0.686. The van der Waals surface area contributed by atoms with Crippen molar-refractivity contribution >= 4 is 0 Å². The summed E-state index contributed by atoms with van der Waals surface area (Å²) in [5.41, 5.74) is 2.81. The molecule has 0 aliphatic rings. The number of hydrogen-bond acceptors (Lipinski definition) is 2. The van der Waals surface area contributed by atoms with Crippen molar-refractivity contribution in [1.82, 2.24) is 0 Å². The monoisotopic (exact) mass is 264 g/mol. The molecule has 1 rings (SSSR count). The predicted molar refractivity (Wildman–Crippen MR) is 58.1 cm³/mol. The summed E-state index contributed by atoms with van der Waals surface area (Å²) < 4.78 is 0. The molecule has 0 amide bonds. The number of benzene rings is 1. The molecule has 0 radical (unpaired) electrons. The van der Waals surface area contributed by atoms with Crippen LogP contribution in [0.1, 0.15) is 43.4 Å². The summed E-state index contributed by atoms with van der Waals surface area (Å²) in [5.74, 6) is -0.637. The zero-order chi connectivity index (χ0) is 11.4. The van der Waals surface area contributed by atoms with E-state index in [-0.39, 0.29) is 28.0 Å². The van der Waals surface area contributed by atoms with Gasteiger partial charge in [-0.15, -0.1) is 11.5 Å². The van der Waals surface area contributed by atoms with Crippen molar-refractivity contribution < 1.29 is 26.7 Å². The standard InChI is InChI=1S/C13H20O2.Ni/c1-4-6-10-8-12(14)13(15)11(7-5-2)9(10)3;/h8,14-15H,4-7H2,1-3H3;/q;+2/p-2. The third kappa shape index (κ3) is 3.15. The molecule has 0 saturated heterocycles. The Morgan fingerprint density at radius 1 is 1.06 bits per heavy atom. The van der Waals surface area contributed by atoms with Gasteiger partial charge in [0.05, 0.1) is 0 Å². The molecule has 1 aromatic carbocycles. The maximum absolute atomic E-state index is 11.6. The van der Waals surface area contributed by atoms with Crippen LogP contribution in [0.3, 0.4) is 0 Å². The van der Waals surface area contributed by atoms with Crippen LogP contribution in [-0.4, -0.2) is 0 Å². The van der Waals surface area contributed by atoms with Gasteiger partial charge in [-0.3, -0.25) is 0 Å². The SMILES string of the molecule is CCCc1cc([O-])c([O-])c(CCC)c1C.[Ni+2]. The first-order valence-electron chi connectivity index (χ1n) is 5.61. The Bertz CT molecular complexity index is 348. The molecule has 1 aromatic rings. The molecule has 16 heavy (non-hydrogen) atoms. The first-order chi connectivity index (χ1) is 7.11. The molecule has 0 heterocycles. The first kappa shape index (κ1) is 15.3. The van der Waals surface area contributed by atoms with E-state index in [1.54, 1.807) is 0 Å². The smallest absolute Gasteiger partial charge is 0.873 e. The third-order valence-electron chi connectivity index (χ3n) is 2.76. The Kier molecular flexibility index (Phi) is 6.51. The van der Waals surface area contributed by atoms with Gasteiger partial charge < -0.3 is 10.2 Å². The Morgan fingerprint density at radius 3 is 2.12 bits per heavy atom. The molecule has 0 saturated carbocycles. The van der Waals surface area contributed by atoms with Crippen LogP contribution in [0.2, 0.25) is 0 Å². The van der Waals surface area contributed by atoms with Crippen LogP contribution < -0.4 is 10.2 Å². The van der Waals surface area contributed by atoms with E-state index in [4.69, 9.17) is 0 Å². The van der Waals surface area contributed by atoms with Crippen molar-refractivity contribution in [2.24, 2.45) is 0 Å². The Labute approximate surface area is 108 Å². The van der Waals surface area contributed by atoms with Crippen molar-refractivity contribution in [2.75, 3.05) is 0 Å². The molecule has 0 fully saturated rings. The van der Waals surface area contributed by atoms with Crippen molar-refractivity contribution in [3.63, 3.8) is 0 Å². The average Bonchev–Trinajstić information content (AvgIpc) is 2.21. The van der Waals surface area contributed by atoms with E-state index in [0.29, 0.717) is 0 Å². The second-order valence-corrected chi connectivity index (χ2v) is 3.97. The van der Waals surface area contributed by atoms with E-state index in [0.717, 1.165) is 42.4 Å². The Morgan fingerprint density at radius 2 is 1.62 bits per heavy atom. The van der Waals surface area contributed by atoms with Gasteiger partial charge in [-0.1, -0.05) is 38.3 Å². The van der Waals surface area contributed by atoms with Crippen molar-refractivity contribution in [3.8, 4) is 11.5 Å². The summed E-state index contributed by atoms with van der Waals surface area (Å²) in [6, 6.07) is 1.51. The summed E-state index contributed by atoms with van der Waals surface area (Å²) in [6.07, 6.45) is 3.52. The van der Waals surface area contributed by atoms with E-state index in [1.807, 2.05) is 13.8 Å². The molecule has 3 heteroatoms. The maximum atomic E-state index is 11.6.